The topological polar surface area (TPSA) is 101 Å². The van der Waals surface area contributed by atoms with Gasteiger partial charge in [-0.3, -0.25) is 14.3 Å². The molecule has 2 amide bonds. The van der Waals surface area contributed by atoms with Gasteiger partial charge in [-0.25, -0.2) is 13.8 Å². The number of benzene rings is 2. The van der Waals surface area contributed by atoms with Crippen LogP contribution in [0.3, 0.4) is 0 Å². The number of nitrogens with zero attached hydrogens (tertiary/aromatic N) is 5. The first-order valence-electron chi connectivity index (χ1n) is 15.2. The molecule has 9 nitrogen and oxygen atoms in total. The smallest absolute Gasteiger partial charge is 0.246 e. The Bertz CT molecular complexity index is 2090. The molecule has 0 spiro atoms. The van der Waals surface area contributed by atoms with Crippen molar-refractivity contribution in [1.82, 2.24) is 24.6 Å². The van der Waals surface area contributed by atoms with E-state index in [0.29, 0.717) is 53.4 Å². The number of aliphatic hydroxyl groups is 1. The number of carbonyl (C=O) groups excluding carboxylic acids is 2. The molecule has 5 aromatic rings. The minimum absolute atomic E-state index is 0.00871. The number of rotatable bonds is 7. The Labute approximate surface area is 273 Å². The highest BCUT2D eigenvalue weighted by Crippen LogP contribution is 2.47. The van der Waals surface area contributed by atoms with Crippen LogP contribution in [-0.4, -0.2) is 68.3 Å². The fourth-order valence-electron chi connectivity index (χ4n) is 6.50. The summed E-state index contributed by atoms with van der Waals surface area (Å²) in [5.74, 6) is -1.86. The molecule has 0 saturated carbocycles. The second-order valence-corrected chi connectivity index (χ2v) is 12.6. The summed E-state index contributed by atoms with van der Waals surface area (Å²) >= 11 is 1.39. The van der Waals surface area contributed by atoms with E-state index in [2.05, 4.69) is 6.58 Å². The molecule has 1 N–H and O–H groups in total. The molecule has 3 aromatic heterocycles. The number of fused-ring (bicyclic) bond motifs is 3. The monoisotopic (exact) mass is 655 g/mol. The van der Waals surface area contributed by atoms with Crippen LogP contribution in [0.1, 0.15) is 29.8 Å². The normalized spacial score (nSPS) is 15.9. The summed E-state index contributed by atoms with van der Waals surface area (Å²) in [4.78, 5) is 33.5. The summed E-state index contributed by atoms with van der Waals surface area (Å²) in [6, 6.07) is 11.3. The number of carbonyl (C=O) groups is 2. The van der Waals surface area contributed by atoms with Crippen molar-refractivity contribution in [3.05, 3.63) is 89.0 Å². The van der Waals surface area contributed by atoms with E-state index in [4.69, 9.17) is 14.8 Å². The maximum atomic E-state index is 16.0. The lowest BCUT2D eigenvalue weighted by molar-refractivity contribution is -0.130. The predicted octanol–water partition coefficient (Wildman–Crippen LogP) is 5.75. The van der Waals surface area contributed by atoms with Crippen LogP contribution in [0.25, 0.3) is 43.9 Å². The zero-order chi connectivity index (χ0) is 33.0. The molecule has 240 valence electrons. The van der Waals surface area contributed by atoms with E-state index >= 15 is 4.39 Å². The first-order chi connectivity index (χ1) is 22.7. The number of thiophene rings is 1. The molecule has 2 aliphatic heterocycles. The Kier molecular flexibility index (Phi) is 7.85. The highest BCUT2D eigenvalue weighted by molar-refractivity contribution is 7.18. The summed E-state index contributed by atoms with van der Waals surface area (Å²) in [7, 11) is 1.78. The Morgan fingerprint density at radius 1 is 1.13 bits per heavy atom. The molecular formula is C35H31F2N5O4S. The average Bonchev–Trinajstić information content (AvgIpc) is 3.72. The molecular weight excluding hydrogens is 624 g/mol. The van der Waals surface area contributed by atoms with Crippen LogP contribution < -0.4 is 4.74 Å². The van der Waals surface area contributed by atoms with Crippen LogP contribution >= 0.6 is 11.3 Å². The first-order valence-corrected chi connectivity index (χ1v) is 16.1. The molecule has 2 aliphatic rings. The van der Waals surface area contributed by atoms with E-state index in [1.165, 1.54) is 17.4 Å². The highest BCUT2D eigenvalue weighted by atomic mass is 32.1. The summed E-state index contributed by atoms with van der Waals surface area (Å²) in [5, 5.41) is 17.0. The first kappa shape index (κ1) is 30.7. The van der Waals surface area contributed by atoms with Gasteiger partial charge in [-0.05, 0) is 47.7 Å². The molecule has 0 radical (unpaired) electrons. The molecule has 5 heterocycles. The number of aromatic nitrogens is 3. The number of likely N-dealkylation sites (N-methyl/N-ethyl adjacent to an activating group) is 1. The van der Waals surface area contributed by atoms with Crippen molar-refractivity contribution < 1.29 is 28.2 Å². The van der Waals surface area contributed by atoms with Crippen LogP contribution in [-0.2, 0) is 29.1 Å². The van der Waals surface area contributed by atoms with Gasteiger partial charge in [0, 0.05) is 53.5 Å². The van der Waals surface area contributed by atoms with Crippen molar-refractivity contribution in [3.63, 3.8) is 0 Å². The standard InChI is InChI=1S/C35H31F2N5O4S/c1-4-29(44)41-8-9-42-27(19(41)2)17-26(39-42)34-32(31-25(37)15-23(36)16-28(31)46-11-10-43)35-24(7-12-47-35)33(38-34)21-6-5-20-14-30(45)40(3)18-22(20)13-21/h4-7,12-13,15-17,19,43H,1,8-11,14,18H2,2-3H3/t19-/m0/s1. The third-order valence-electron chi connectivity index (χ3n) is 8.84. The Morgan fingerprint density at radius 3 is 2.74 bits per heavy atom. The van der Waals surface area contributed by atoms with E-state index in [1.54, 1.807) is 16.8 Å². The Hall–Kier alpha value is -4.94. The van der Waals surface area contributed by atoms with Gasteiger partial charge in [-0.15, -0.1) is 11.3 Å². The van der Waals surface area contributed by atoms with Gasteiger partial charge in [-0.1, -0.05) is 18.7 Å². The fourth-order valence-corrected chi connectivity index (χ4v) is 7.44. The lowest BCUT2D eigenvalue weighted by atomic mass is 9.93. The number of hydrogen-bond acceptors (Lipinski definition) is 7. The Balaban J connectivity index is 1.49. The number of aliphatic hydroxyl groups excluding tert-OH is 1. The third-order valence-corrected chi connectivity index (χ3v) is 9.77. The zero-order valence-electron chi connectivity index (χ0n) is 25.8. The minimum Gasteiger partial charge on any atom is -0.490 e. The summed E-state index contributed by atoms with van der Waals surface area (Å²) in [5.41, 5.74) is 5.42. The molecule has 7 rings (SSSR count). The second kappa shape index (κ2) is 12.0. The van der Waals surface area contributed by atoms with Crippen LogP contribution in [0, 0.1) is 11.6 Å². The van der Waals surface area contributed by atoms with Gasteiger partial charge in [0.25, 0.3) is 0 Å². The number of ether oxygens (including phenoxy) is 1. The highest BCUT2D eigenvalue weighted by Gasteiger charge is 2.31. The number of amides is 2. The van der Waals surface area contributed by atoms with Gasteiger partial charge in [0.1, 0.15) is 35.4 Å². The second-order valence-electron chi connectivity index (χ2n) is 11.7. The van der Waals surface area contributed by atoms with Crippen LogP contribution in [0.4, 0.5) is 8.78 Å². The van der Waals surface area contributed by atoms with Crippen molar-refractivity contribution in [2.75, 3.05) is 26.8 Å². The van der Waals surface area contributed by atoms with E-state index in [9.17, 15) is 19.1 Å². The molecule has 0 fully saturated rings. The maximum Gasteiger partial charge on any atom is 0.246 e. The van der Waals surface area contributed by atoms with Gasteiger partial charge in [0.15, 0.2) is 0 Å². The third kappa shape index (κ3) is 5.27. The molecule has 12 heteroatoms. The lowest BCUT2D eigenvalue weighted by Gasteiger charge is -2.33. The molecule has 47 heavy (non-hydrogen) atoms. The molecule has 0 saturated heterocycles. The molecule has 0 aliphatic carbocycles. The van der Waals surface area contributed by atoms with Gasteiger partial charge in [0.2, 0.25) is 11.8 Å². The molecule has 0 unspecified atom stereocenters. The lowest BCUT2D eigenvalue weighted by Crippen LogP contribution is -2.40. The number of hydrogen-bond donors (Lipinski definition) is 1. The van der Waals surface area contributed by atoms with Crippen molar-refractivity contribution in [3.8, 4) is 39.5 Å². The minimum atomic E-state index is -0.843. The van der Waals surface area contributed by atoms with E-state index in [1.807, 2.05) is 47.3 Å². The SMILES string of the molecule is C=CC(=O)N1CCn2nc(-c3nc(-c4ccc5c(c4)CN(C)C(=O)C5)c4ccsc4c3-c3c(F)cc(F)cc3OCCO)cc2[C@@H]1C. The quantitative estimate of drug-likeness (QED) is 0.224. The molecule has 1 atom stereocenters. The number of halogens is 2. The zero-order valence-corrected chi connectivity index (χ0v) is 26.6. The molecule has 0 bridgehead atoms. The van der Waals surface area contributed by atoms with Crippen molar-refractivity contribution in [2.45, 2.75) is 32.5 Å². The van der Waals surface area contributed by atoms with Crippen molar-refractivity contribution >= 4 is 33.2 Å². The van der Waals surface area contributed by atoms with Crippen LogP contribution in [0.5, 0.6) is 5.75 Å². The average molecular weight is 656 g/mol. The van der Waals surface area contributed by atoms with Crippen LogP contribution in [0.15, 0.2) is 60.5 Å². The largest absolute Gasteiger partial charge is 0.490 e. The van der Waals surface area contributed by atoms with E-state index in [-0.39, 0.29) is 42.4 Å². The van der Waals surface area contributed by atoms with Gasteiger partial charge >= 0.3 is 0 Å². The van der Waals surface area contributed by atoms with E-state index < -0.39 is 11.6 Å². The predicted molar refractivity (Wildman–Crippen MR) is 175 cm³/mol. The number of pyridine rings is 1. The van der Waals surface area contributed by atoms with Crippen molar-refractivity contribution in [2.24, 2.45) is 0 Å². The molecule has 2 aromatic carbocycles. The van der Waals surface area contributed by atoms with Gasteiger partial charge in [-0.2, -0.15) is 5.10 Å². The van der Waals surface area contributed by atoms with Gasteiger partial charge in [0.05, 0.1) is 42.6 Å². The summed E-state index contributed by atoms with van der Waals surface area (Å²) in [6.45, 7) is 6.38. The summed E-state index contributed by atoms with van der Waals surface area (Å²) in [6.07, 6.45) is 1.61. The maximum absolute atomic E-state index is 16.0. The van der Waals surface area contributed by atoms with E-state index in [0.717, 1.165) is 39.9 Å². The summed E-state index contributed by atoms with van der Waals surface area (Å²) < 4.78 is 38.8. The van der Waals surface area contributed by atoms with Crippen molar-refractivity contribution in [1.29, 1.82) is 0 Å². The van der Waals surface area contributed by atoms with Crippen LogP contribution in [0.2, 0.25) is 0 Å². The fraction of sp³-hybridized carbons (Fsp3) is 0.257. The Morgan fingerprint density at radius 2 is 1.96 bits per heavy atom. The van der Waals surface area contributed by atoms with Gasteiger partial charge < -0.3 is 19.6 Å².